The molecule has 0 radical (unpaired) electrons. The van der Waals surface area contributed by atoms with Gasteiger partial charge in [0, 0.05) is 12.5 Å². The number of nitrogens with one attached hydrogen (secondary N) is 1. The Kier molecular flexibility index (Phi) is 8.80. The maximum Gasteiger partial charge on any atom is 0.222 e. The van der Waals surface area contributed by atoms with Crippen molar-refractivity contribution >= 4 is 5.91 Å². The predicted octanol–water partition coefficient (Wildman–Crippen LogP) is 4.86. The van der Waals surface area contributed by atoms with Crippen LogP contribution in [0.15, 0.2) is 24.3 Å². The van der Waals surface area contributed by atoms with E-state index in [0.29, 0.717) is 6.54 Å². The Morgan fingerprint density at radius 3 is 2.14 bits per heavy atom. The molecular weight excluding hydrogens is 258 g/mol. The highest BCUT2D eigenvalue weighted by Crippen LogP contribution is 2.11. The fourth-order valence-corrected chi connectivity index (χ4v) is 2.33. The highest BCUT2D eigenvalue weighted by atomic mass is 16.1. The zero-order chi connectivity index (χ0) is 15.5. The Morgan fingerprint density at radius 1 is 0.952 bits per heavy atom. The van der Waals surface area contributed by atoms with E-state index in [9.17, 15) is 4.79 Å². The van der Waals surface area contributed by atoms with Crippen molar-refractivity contribution in [3.05, 3.63) is 35.4 Å². The summed E-state index contributed by atoms with van der Waals surface area (Å²) in [6.07, 6.45) is 9.23. The standard InChI is InChI=1S/C19H31NO/c1-4-5-6-7-8-9-10-17-11-13-18(14-12-17)15-20-19(21)16(2)3/h11-14,16H,4-10,15H2,1-3H3,(H,20,21). The molecule has 21 heavy (non-hydrogen) atoms. The molecule has 1 aromatic rings. The maximum absolute atomic E-state index is 11.5. The van der Waals surface area contributed by atoms with Crippen molar-refractivity contribution in [3.63, 3.8) is 0 Å². The van der Waals surface area contributed by atoms with Gasteiger partial charge < -0.3 is 5.32 Å². The van der Waals surface area contributed by atoms with Gasteiger partial charge in [0.25, 0.3) is 0 Å². The molecule has 0 atom stereocenters. The van der Waals surface area contributed by atoms with E-state index in [1.54, 1.807) is 0 Å². The minimum atomic E-state index is 0.0528. The van der Waals surface area contributed by atoms with Crippen molar-refractivity contribution in [2.75, 3.05) is 0 Å². The predicted molar refractivity (Wildman–Crippen MR) is 90.2 cm³/mol. The fourth-order valence-electron chi connectivity index (χ4n) is 2.33. The summed E-state index contributed by atoms with van der Waals surface area (Å²) in [5.41, 5.74) is 2.58. The van der Waals surface area contributed by atoms with Crippen LogP contribution in [0.25, 0.3) is 0 Å². The monoisotopic (exact) mass is 289 g/mol. The molecule has 0 aliphatic carbocycles. The van der Waals surface area contributed by atoms with Gasteiger partial charge in [0.05, 0.1) is 0 Å². The molecule has 1 rings (SSSR count). The molecule has 2 nitrogen and oxygen atoms in total. The smallest absolute Gasteiger partial charge is 0.222 e. The Morgan fingerprint density at radius 2 is 1.52 bits per heavy atom. The Balaban J connectivity index is 2.22. The van der Waals surface area contributed by atoms with Gasteiger partial charge >= 0.3 is 0 Å². The van der Waals surface area contributed by atoms with Crippen molar-refractivity contribution in [1.82, 2.24) is 5.32 Å². The number of carbonyl (C=O) groups is 1. The van der Waals surface area contributed by atoms with E-state index < -0.39 is 0 Å². The highest BCUT2D eigenvalue weighted by Gasteiger charge is 2.05. The highest BCUT2D eigenvalue weighted by molar-refractivity contribution is 5.77. The maximum atomic E-state index is 11.5. The SMILES string of the molecule is CCCCCCCCc1ccc(CNC(=O)C(C)C)cc1. The topological polar surface area (TPSA) is 29.1 Å². The molecule has 1 amide bonds. The van der Waals surface area contributed by atoms with E-state index in [1.165, 1.54) is 56.1 Å². The minimum Gasteiger partial charge on any atom is -0.352 e. The molecule has 0 aromatic heterocycles. The third-order valence-corrected chi connectivity index (χ3v) is 3.83. The number of rotatable bonds is 10. The molecule has 0 saturated heterocycles. The van der Waals surface area contributed by atoms with Crippen LogP contribution in [0, 0.1) is 5.92 Å². The van der Waals surface area contributed by atoms with Gasteiger partial charge in [0.2, 0.25) is 5.91 Å². The molecule has 0 heterocycles. The summed E-state index contributed by atoms with van der Waals surface area (Å²) >= 11 is 0. The van der Waals surface area contributed by atoms with E-state index in [0.717, 1.165) is 0 Å². The molecular formula is C19H31NO. The molecule has 0 bridgehead atoms. The van der Waals surface area contributed by atoms with E-state index in [1.807, 2.05) is 13.8 Å². The van der Waals surface area contributed by atoms with Crippen LogP contribution in [0.4, 0.5) is 0 Å². The van der Waals surface area contributed by atoms with Gasteiger partial charge in [0.15, 0.2) is 0 Å². The second kappa shape index (κ2) is 10.4. The van der Waals surface area contributed by atoms with Crippen molar-refractivity contribution in [2.45, 2.75) is 72.3 Å². The first kappa shape index (κ1) is 17.7. The van der Waals surface area contributed by atoms with Crippen LogP contribution in [0.3, 0.4) is 0 Å². The molecule has 1 N–H and O–H groups in total. The van der Waals surface area contributed by atoms with Crippen LogP contribution in [-0.4, -0.2) is 5.91 Å². The molecule has 0 unspecified atom stereocenters. The Hall–Kier alpha value is -1.31. The van der Waals surface area contributed by atoms with Gasteiger partial charge in [0.1, 0.15) is 0 Å². The third-order valence-electron chi connectivity index (χ3n) is 3.83. The number of hydrogen-bond acceptors (Lipinski definition) is 1. The lowest BCUT2D eigenvalue weighted by Crippen LogP contribution is -2.27. The van der Waals surface area contributed by atoms with Gasteiger partial charge in [-0.05, 0) is 24.0 Å². The van der Waals surface area contributed by atoms with E-state index >= 15 is 0 Å². The van der Waals surface area contributed by atoms with Gasteiger partial charge in [-0.25, -0.2) is 0 Å². The Labute approximate surface area is 130 Å². The number of aryl methyl sites for hydroxylation is 1. The normalized spacial score (nSPS) is 10.9. The average molecular weight is 289 g/mol. The summed E-state index contributed by atoms with van der Waals surface area (Å²) in [4.78, 5) is 11.5. The first-order valence-corrected chi connectivity index (χ1v) is 8.49. The van der Waals surface area contributed by atoms with Gasteiger partial charge in [-0.3, -0.25) is 4.79 Å². The summed E-state index contributed by atoms with van der Waals surface area (Å²) in [6.45, 7) is 6.72. The summed E-state index contributed by atoms with van der Waals surface area (Å²) < 4.78 is 0. The zero-order valence-electron chi connectivity index (χ0n) is 14.0. The lowest BCUT2D eigenvalue weighted by Gasteiger charge is -2.08. The van der Waals surface area contributed by atoms with Gasteiger partial charge in [-0.2, -0.15) is 0 Å². The quantitative estimate of drug-likeness (QED) is 0.612. The summed E-state index contributed by atoms with van der Waals surface area (Å²) in [5.74, 6) is 0.170. The molecule has 0 saturated carbocycles. The Bertz CT molecular complexity index is 395. The summed E-state index contributed by atoms with van der Waals surface area (Å²) in [7, 11) is 0. The fraction of sp³-hybridized carbons (Fsp3) is 0.632. The van der Waals surface area contributed by atoms with Crippen LogP contribution in [0.5, 0.6) is 0 Å². The number of amides is 1. The van der Waals surface area contributed by atoms with Crippen molar-refractivity contribution in [1.29, 1.82) is 0 Å². The number of hydrogen-bond donors (Lipinski definition) is 1. The molecule has 0 aliphatic heterocycles. The molecule has 0 aliphatic rings. The lowest BCUT2D eigenvalue weighted by atomic mass is 10.0. The molecule has 2 heteroatoms. The molecule has 0 spiro atoms. The lowest BCUT2D eigenvalue weighted by molar-refractivity contribution is -0.124. The molecule has 1 aromatic carbocycles. The van der Waals surface area contributed by atoms with Crippen LogP contribution in [0.1, 0.15) is 70.4 Å². The summed E-state index contributed by atoms with van der Waals surface area (Å²) in [6, 6.07) is 8.66. The van der Waals surface area contributed by atoms with Crippen LogP contribution in [-0.2, 0) is 17.8 Å². The molecule has 118 valence electrons. The van der Waals surface area contributed by atoms with E-state index in [4.69, 9.17) is 0 Å². The third kappa shape index (κ3) is 7.89. The number of carbonyl (C=O) groups excluding carboxylic acids is 1. The second-order valence-electron chi connectivity index (χ2n) is 6.21. The van der Waals surface area contributed by atoms with Crippen LogP contribution < -0.4 is 5.32 Å². The number of benzene rings is 1. The van der Waals surface area contributed by atoms with E-state index in [2.05, 4.69) is 36.5 Å². The van der Waals surface area contributed by atoms with Crippen LogP contribution >= 0.6 is 0 Å². The van der Waals surface area contributed by atoms with Crippen molar-refractivity contribution in [3.8, 4) is 0 Å². The molecule has 0 fully saturated rings. The first-order valence-electron chi connectivity index (χ1n) is 8.49. The largest absolute Gasteiger partial charge is 0.352 e. The number of unbranched alkanes of at least 4 members (excludes halogenated alkanes) is 5. The minimum absolute atomic E-state index is 0.0528. The van der Waals surface area contributed by atoms with Crippen molar-refractivity contribution in [2.24, 2.45) is 5.92 Å². The second-order valence-corrected chi connectivity index (χ2v) is 6.21. The average Bonchev–Trinajstić information content (AvgIpc) is 2.49. The van der Waals surface area contributed by atoms with E-state index in [-0.39, 0.29) is 11.8 Å². The van der Waals surface area contributed by atoms with Crippen LogP contribution in [0.2, 0.25) is 0 Å². The van der Waals surface area contributed by atoms with Crippen molar-refractivity contribution < 1.29 is 4.79 Å². The van der Waals surface area contributed by atoms with Gasteiger partial charge in [-0.1, -0.05) is 77.1 Å². The first-order chi connectivity index (χ1) is 10.1. The van der Waals surface area contributed by atoms with Gasteiger partial charge in [-0.15, -0.1) is 0 Å². The summed E-state index contributed by atoms with van der Waals surface area (Å²) in [5, 5.41) is 2.95. The zero-order valence-corrected chi connectivity index (χ0v) is 14.0.